The summed E-state index contributed by atoms with van der Waals surface area (Å²) in [5.41, 5.74) is 8.68. The molecule has 1 unspecified atom stereocenters. The van der Waals surface area contributed by atoms with Gasteiger partial charge in [0.2, 0.25) is 0 Å². The Kier molecular flexibility index (Phi) is 12.1. The van der Waals surface area contributed by atoms with Gasteiger partial charge in [0.25, 0.3) is 0 Å². The first kappa shape index (κ1) is 21.9. The van der Waals surface area contributed by atoms with E-state index in [0.29, 0.717) is 11.4 Å². The van der Waals surface area contributed by atoms with E-state index in [9.17, 15) is 4.21 Å². The van der Waals surface area contributed by atoms with Crippen molar-refractivity contribution in [1.82, 2.24) is 0 Å². The van der Waals surface area contributed by atoms with E-state index in [1.807, 2.05) is 63.3 Å². The molecule has 2 nitrogen and oxygen atoms in total. The molecule has 3 heteroatoms. The van der Waals surface area contributed by atoms with E-state index in [-0.39, 0.29) is 0 Å². The van der Waals surface area contributed by atoms with E-state index in [0.717, 1.165) is 22.5 Å². The van der Waals surface area contributed by atoms with Crippen molar-refractivity contribution in [2.45, 2.75) is 27.2 Å². The van der Waals surface area contributed by atoms with E-state index in [1.165, 1.54) is 0 Å². The maximum atomic E-state index is 11.8. The molecule has 0 aromatic carbocycles. The summed E-state index contributed by atoms with van der Waals surface area (Å²) in [5.74, 6) is 0.627. The van der Waals surface area contributed by atoms with Gasteiger partial charge in [0, 0.05) is 16.4 Å². The maximum absolute atomic E-state index is 11.8. The van der Waals surface area contributed by atoms with Crippen molar-refractivity contribution in [2.24, 2.45) is 5.73 Å². The molecule has 0 amide bonds. The average molecular weight is 344 g/mol. The van der Waals surface area contributed by atoms with Crippen LogP contribution in [0.2, 0.25) is 0 Å². The van der Waals surface area contributed by atoms with Crippen molar-refractivity contribution >= 4 is 10.8 Å². The first-order valence-corrected chi connectivity index (χ1v) is 9.50. The van der Waals surface area contributed by atoms with Gasteiger partial charge in [-0.1, -0.05) is 82.5 Å². The standard InChI is InChI=1S/C19H23NOS.C2H6/c1-4-7-11-17(9-5-2)19(20)15-16-10-8-12-18(14-13-16)22(21)6-3;1-2/h4-5,7,9-15H,1-2,6,8,20H2,3H3;1-2H3/b11-7-,17-9+,19-15-;. The van der Waals surface area contributed by atoms with Crippen LogP contribution in [0.4, 0.5) is 0 Å². The zero-order valence-corrected chi connectivity index (χ0v) is 15.8. The highest BCUT2D eigenvalue weighted by Gasteiger charge is 2.04. The molecule has 0 saturated heterocycles. The van der Waals surface area contributed by atoms with Crippen molar-refractivity contribution in [3.63, 3.8) is 0 Å². The average Bonchev–Trinajstić information content (AvgIpc) is 2.85. The first-order chi connectivity index (χ1) is 11.6. The Bertz CT molecular complexity index is 628. The summed E-state index contributed by atoms with van der Waals surface area (Å²) in [6.45, 7) is 13.3. The highest BCUT2D eigenvalue weighted by molar-refractivity contribution is 7.89. The van der Waals surface area contributed by atoms with Gasteiger partial charge in [0.15, 0.2) is 0 Å². The molecule has 0 saturated carbocycles. The normalized spacial score (nSPS) is 16.5. The summed E-state index contributed by atoms with van der Waals surface area (Å²) in [6.07, 6.45) is 19.5. The van der Waals surface area contributed by atoms with Gasteiger partial charge in [0.1, 0.15) is 0 Å². The lowest BCUT2D eigenvalue weighted by atomic mass is 10.1. The predicted octanol–water partition coefficient (Wildman–Crippen LogP) is 5.25. The van der Waals surface area contributed by atoms with Crippen molar-refractivity contribution in [2.75, 3.05) is 5.75 Å². The smallest absolute Gasteiger partial charge is 0.0523 e. The predicted molar refractivity (Wildman–Crippen MR) is 110 cm³/mol. The molecule has 0 bridgehead atoms. The summed E-state index contributed by atoms with van der Waals surface area (Å²) in [6, 6.07) is 0. The quantitative estimate of drug-likeness (QED) is 0.642. The molecule has 0 heterocycles. The Morgan fingerprint density at radius 3 is 2.54 bits per heavy atom. The zero-order valence-electron chi connectivity index (χ0n) is 15.0. The van der Waals surface area contributed by atoms with Crippen molar-refractivity contribution in [1.29, 1.82) is 0 Å². The summed E-state index contributed by atoms with van der Waals surface area (Å²) in [4.78, 5) is 0.870. The van der Waals surface area contributed by atoms with Gasteiger partial charge >= 0.3 is 0 Å². The zero-order chi connectivity index (χ0) is 18.4. The molecule has 1 aliphatic rings. The van der Waals surface area contributed by atoms with Gasteiger partial charge in [-0.2, -0.15) is 0 Å². The summed E-state index contributed by atoms with van der Waals surface area (Å²) in [7, 11) is -0.926. The second-order valence-electron chi connectivity index (χ2n) is 4.57. The molecule has 2 N–H and O–H groups in total. The molecule has 0 radical (unpaired) electrons. The fraction of sp³-hybridized carbons (Fsp3) is 0.238. The molecule has 0 aliphatic heterocycles. The van der Waals surface area contributed by atoms with Crippen molar-refractivity contribution in [3.8, 4) is 0 Å². The molecule has 130 valence electrons. The van der Waals surface area contributed by atoms with E-state index in [1.54, 1.807) is 12.2 Å². The Balaban J connectivity index is 0.00000254. The van der Waals surface area contributed by atoms with Crippen molar-refractivity contribution < 1.29 is 4.21 Å². The number of hydrogen-bond donors (Lipinski definition) is 1. The van der Waals surface area contributed by atoms with Gasteiger partial charge < -0.3 is 5.73 Å². The topological polar surface area (TPSA) is 43.1 Å². The Morgan fingerprint density at radius 1 is 1.25 bits per heavy atom. The molecule has 24 heavy (non-hydrogen) atoms. The molecule has 1 rings (SSSR count). The van der Waals surface area contributed by atoms with Gasteiger partial charge in [0.05, 0.1) is 10.8 Å². The monoisotopic (exact) mass is 343 g/mol. The van der Waals surface area contributed by atoms with Crippen LogP contribution in [0, 0.1) is 0 Å². The van der Waals surface area contributed by atoms with Crippen LogP contribution in [0.25, 0.3) is 0 Å². The SMILES string of the molecule is C=C\C=C/C(=C\C=C)C(/N)=C/C1=CCC=C(S(=O)CC)C=C1.CC. The largest absolute Gasteiger partial charge is 0.398 e. The Labute approximate surface area is 149 Å². The van der Waals surface area contributed by atoms with E-state index in [2.05, 4.69) is 19.2 Å². The maximum Gasteiger partial charge on any atom is 0.0523 e. The molecule has 0 aromatic rings. The van der Waals surface area contributed by atoms with E-state index >= 15 is 0 Å². The van der Waals surface area contributed by atoms with Crippen LogP contribution in [-0.2, 0) is 10.8 Å². The van der Waals surface area contributed by atoms with Crippen LogP contribution < -0.4 is 5.73 Å². The minimum absolute atomic E-state index is 0.627. The van der Waals surface area contributed by atoms with Gasteiger partial charge in [-0.05, 0) is 29.7 Å². The molecule has 0 fully saturated rings. The highest BCUT2D eigenvalue weighted by Crippen LogP contribution is 2.17. The lowest BCUT2D eigenvalue weighted by Crippen LogP contribution is -2.00. The minimum atomic E-state index is -0.926. The first-order valence-electron chi connectivity index (χ1n) is 8.18. The number of allylic oxidation sites excluding steroid dienone is 11. The van der Waals surface area contributed by atoms with Crippen LogP contribution in [0.3, 0.4) is 0 Å². The fourth-order valence-corrected chi connectivity index (χ4v) is 2.71. The second-order valence-corrected chi connectivity index (χ2v) is 6.31. The lowest BCUT2D eigenvalue weighted by Gasteiger charge is -2.03. The molecular formula is C21H29NOS. The fourth-order valence-electron chi connectivity index (χ4n) is 1.88. The Hall–Kier alpha value is -2.13. The summed E-state index contributed by atoms with van der Waals surface area (Å²) < 4.78 is 11.8. The third kappa shape index (κ3) is 7.93. The Morgan fingerprint density at radius 2 is 1.96 bits per heavy atom. The summed E-state index contributed by atoms with van der Waals surface area (Å²) in [5, 5.41) is 0. The molecule has 0 spiro atoms. The lowest BCUT2D eigenvalue weighted by molar-refractivity contribution is 0.688. The molecular weight excluding hydrogens is 314 g/mol. The molecule has 1 atom stereocenters. The van der Waals surface area contributed by atoms with Gasteiger partial charge in [-0.25, -0.2) is 0 Å². The van der Waals surface area contributed by atoms with Crippen LogP contribution >= 0.6 is 0 Å². The van der Waals surface area contributed by atoms with Crippen LogP contribution in [0.15, 0.2) is 95.7 Å². The van der Waals surface area contributed by atoms with Crippen LogP contribution in [0.1, 0.15) is 27.2 Å². The molecule has 0 aromatic heterocycles. The molecule has 1 aliphatic carbocycles. The van der Waals surface area contributed by atoms with Gasteiger partial charge in [-0.3, -0.25) is 4.21 Å². The van der Waals surface area contributed by atoms with Crippen molar-refractivity contribution in [3.05, 3.63) is 95.7 Å². The van der Waals surface area contributed by atoms with E-state index < -0.39 is 10.8 Å². The minimum Gasteiger partial charge on any atom is -0.398 e. The third-order valence-corrected chi connectivity index (χ3v) is 4.36. The number of nitrogens with two attached hydrogens (primary N) is 1. The van der Waals surface area contributed by atoms with Crippen LogP contribution in [-0.4, -0.2) is 9.96 Å². The second kappa shape index (κ2) is 13.3. The number of hydrogen-bond acceptors (Lipinski definition) is 2. The third-order valence-electron chi connectivity index (χ3n) is 3.00. The van der Waals surface area contributed by atoms with Crippen LogP contribution in [0.5, 0.6) is 0 Å². The number of rotatable bonds is 7. The van der Waals surface area contributed by atoms with Gasteiger partial charge in [-0.15, -0.1) is 0 Å². The van der Waals surface area contributed by atoms with E-state index in [4.69, 9.17) is 5.73 Å². The summed E-state index contributed by atoms with van der Waals surface area (Å²) >= 11 is 0. The highest BCUT2D eigenvalue weighted by atomic mass is 32.2.